The Hall–Kier alpha value is -1.88. The number of carboxylic acids is 1. The number of amides is 1. The minimum Gasteiger partial charge on any atom is -0.481 e. The molecule has 1 N–H and O–H groups in total. The largest absolute Gasteiger partial charge is 0.481 e. The number of carbonyl (C=O) groups excluding carboxylic acids is 1. The molecule has 2 saturated heterocycles. The second-order valence-electron chi connectivity index (χ2n) is 9.69. The van der Waals surface area contributed by atoms with E-state index in [0.29, 0.717) is 25.4 Å². The van der Waals surface area contributed by atoms with Crippen molar-refractivity contribution < 1.29 is 14.7 Å². The zero-order valence-corrected chi connectivity index (χ0v) is 17.6. The maximum Gasteiger partial charge on any atom is 0.307 e. The Morgan fingerprint density at radius 3 is 2.43 bits per heavy atom. The van der Waals surface area contributed by atoms with Gasteiger partial charge >= 0.3 is 5.97 Å². The summed E-state index contributed by atoms with van der Waals surface area (Å²) in [5.74, 6) is -0.680. The van der Waals surface area contributed by atoms with Crippen LogP contribution >= 0.6 is 0 Å². The lowest BCUT2D eigenvalue weighted by Crippen LogP contribution is -2.47. The fourth-order valence-electron chi connectivity index (χ4n) is 4.67. The van der Waals surface area contributed by atoms with Crippen molar-refractivity contribution in [3.8, 4) is 0 Å². The Labute approximate surface area is 168 Å². The zero-order valence-electron chi connectivity index (χ0n) is 17.6. The Morgan fingerprint density at radius 2 is 1.82 bits per heavy atom. The molecule has 2 aliphatic rings. The molecule has 2 heterocycles. The standard InChI is InChI=1S/C23H34N2O3/c1-16-12-18(22(27)28)14-24(13-16)15-21(26)25-11-5-6-20(25)17-7-9-19(10-8-17)23(2,3)4/h7-10,16,18,20H,5-6,11-15H2,1-4H3,(H,27,28). The van der Waals surface area contributed by atoms with E-state index in [4.69, 9.17) is 0 Å². The number of aliphatic carboxylic acids is 1. The molecule has 0 radical (unpaired) electrons. The molecule has 1 amide bonds. The van der Waals surface area contributed by atoms with Crippen molar-refractivity contribution in [2.45, 2.75) is 58.4 Å². The summed E-state index contributed by atoms with van der Waals surface area (Å²) in [6.07, 6.45) is 2.72. The van der Waals surface area contributed by atoms with Crippen LogP contribution in [0.4, 0.5) is 0 Å². The summed E-state index contributed by atoms with van der Waals surface area (Å²) >= 11 is 0. The lowest BCUT2D eigenvalue weighted by molar-refractivity contribution is -0.146. The molecule has 0 aromatic heterocycles. The van der Waals surface area contributed by atoms with Crippen LogP contribution in [0.25, 0.3) is 0 Å². The minimum atomic E-state index is -0.748. The molecule has 28 heavy (non-hydrogen) atoms. The van der Waals surface area contributed by atoms with Gasteiger partial charge in [-0.25, -0.2) is 0 Å². The lowest BCUT2D eigenvalue weighted by atomic mass is 9.86. The first-order valence-electron chi connectivity index (χ1n) is 10.5. The summed E-state index contributed by atoms with van der Waals surface area (Å²) < 4.78 is 0. The van der Waals surface area contributed by atoms with Crippen molar-refractivity contribution in [2.24, 2.45) is 11.8 Å². The lowest BCUT2D eigenvalue weighted by Gasteiger charge is -2.36. The van der Waals surface area contributed by atoms with Crippen molar-refractivity contribution in [2.75, 3.05) is 26.2 Å². The quantitative estimate of drug-likeness (QED) is 0.857. The zero-order chi connectivity index (χ0) is 20.5. The Kier molecular flexibility index (Phi) is 6.13. The Morgan fingerprint density at radius 1 is 1.14 bits per heavy atom. The van der Waals surface area contributed by atoms with Crippen molar-refractivity contribution >= 4 is 11.9 Å². The monoisotopic (exact) mass is 386 g/mol. The van der Waals surface area contributed by atoms with Gasteiger partial charge < -0.3 is 10.0 Å². The van der Waals surface area contributed by atoms with Gasteiger partial charge in [0.25, 0.3) is 0 Å². The summed E-state index contributed by atoms with van der Waals surface area (Å²) in [4.78, 5) is 28.5. The van der Waals surface area contributed by atoms with Gasteiger partial charge in [-0.15, -0.1) is 0 Å². The second-order valence-corrected chi connectivity index (χ2v) is 9.69. The van der Waals surface area contributed by atoms with Crippen LogP contribution in [0, 0.1) is 11.8 Å². The number of carboxylic acid groups (broad SMARTS) is 1. The van der Waals surface area contributed by atoms with Crippen LogP contribution in [0.5, 0.6) is 0 Å². The van der Waals surface area contributed by atoms with Crippen LogP contribution in [0.2, 0.25) is 0 Å². The predicted molar refractivity (Wildman–Crippen MR) is 110 cm³/mol. The van der Waals surface area contributed by atoms with E-state index in [9.17, 15) is 14.7 Å². The van der Waals surface area contributed by atoms with E-state index in [1.165, 1.54) is 11.1 Å². The molecular weight excluding hydrogens is 352 g/mol. The number of hydrogen-bond donors (Lipinski definition) is 1. The van der Waals surface area contributed by atoms with Gasteiger partial charge in [0.1, 0.15) is 0 Å². The number of hydrogen-bond acceptors (Lipinski definition) is 3. The molecule has 0 saturated carbocycles. The fourth-order valence-corrected chi connectivity index (χ4v) is 4.67. The molecule has 2 aliphatic heterocycles. The van der Waals surface area contributed by atoms with E-state index < -0.39 is 5.97 Å². The number of piperidine rings is 1. The highest BCUT2D eigenvalue weighted by molar-refractivity contribution is 5.79. The minimum absolute atomic E-state index is 0.120. The van der Waals surface area contributed by atoms with Crippen LogP contribution in [0.3, 0.4) is 0 Å². The highest BCUT2D eigenvalue weighted by atomic mass is 16.4. The number of likely N-dealkylation sites (tertiary alicyclic amines) is 2. The molecule has 0 bridgehead atoms. The Bertz CT molecular complexity index is 708. The molecule has 0 aliphatic carbocycles. The first kappa shape index (κ1) is 20.8. The molecule has 154 valence electrons. The highest BCUT2D eigenvalue weighted by Gasteiger charge is 2.34. The normalized spacial score (nSPS) is 26.4. The van der Waals surface area contributed by atoms with Gasteiger partial charge in [-0.2, -0.15) is 0 Å². The average Bonchev–Trinajstić information content (AvgIpc) is 3.10. The van der Waals surface area contributed by atoms with E-state index in [1.807, 2.05) is 9.80 Å². The van der Waals surface area contributed by atoms with E-state index in [2.05, 4.69) is 52.0 Å². The molecule has 3 rings (SSSR count). The van der Waals surface area contributed by atoms with Crippen LogP contribution in [-0.4, -0.2) is 53.0 Å². The third-order valence-electron chi connectivity index (χ3n) is 6.18. The van der Waals surface area contributed by atoms with Gasteiger partial charge in [0, 0.05) is 19.6 Å². The molecule has 3 atom stereocenters. The van der Waals surface area contributed by atoms with Gasteiger partial charge in [-0.05, 0) is 41.7 Å². The third kappa shape index (κ3) is 4.75. The van der Waals surface area contributed by atoms with Crippen molar-refractivity contribution in [3.05, 3.63) is 35.4 Å². The summed E-state index contributed by atoms with van der Waals surface area (Å²) in [7, 11) is 0. The first-order valence-corrected chi connectivity index (χ1v) is 10.5. The molecule has 1 aromatic rings. The molecule has 3 unspecified atom stereocenters. The van der Waals surface area contributed by atoms with E-state index in [-0.39, 0.29) is 23.3 Å². The number of benzene rings is 1. The van der Waals surface area contributed by atoms with Crippen LogP contribution in [-0.2, 0) is 15.0 Å². The van der Waals surface area contributed by atoms with Gasteiger partial charge in [-0.3, -0.25) is 14.5 Å². The molecule has 5 heteroatoms. The SMILES string of the molecule is CC1CC(C(=O)O)CN(CC(=O)N2CCCC2c2ccc(C(C)(C)C)cc2)C1. The summed E-state index contributed by atoms with van der Waals surface area (Å²) in [6.45, 7) is 11.1. The Balaban J connectivity index is 1.67. The van der Waals surface area contributed by atoms with Gasteiger partial charge in [-0.1, -0.05) is 52.0 Å². The number of carbonyl (C=O) groups is 2. The van der Waals surface area contributed by atoms with Gasteiger partial charge in [0.05, 0.1) is 18.5 Å². The van der Waals surface area contributed by atoms with E-state index >= 15 is 0 Å². The van der Waals surface area contributed by atoms with Gasteiger partial charge in [0.2, 0.25) is 5.91 Å². The number of rotatable bonds is 4. The van der Waals surface area contributed by atoms with Crippen LogP contribution in [0.1, 0.15) is 64.1 Å². The fraction of sp³-hybridized carbons (Fsp3) is 0.652. The van der Waals surface area contributed by atoms with Crippen molar-refractivity contribution in [1.29, 1.82) is 0 Å². The summed E-state index contributed by atoms with van der Waals surface area (Å²) in [6, 6.07) is 8.83. The maximum atomic E-state index is 13.0. The van der Waals surface area contributed by atoms with Crippen molar-refractivity contribution in [3.63, 3.8) is 0 Å². The third-order valence-corrected chi connectivity index (χ3v) is 6.18. The molecular formula is C23H34N2O3. The highest BCUT2D eigenvalue weighted by Crippen LogP contribution is 2.34. The van der Waals surface area contributed by atoms with Gasteiger partial charge in [0.15, 0.2) is 0 Å². The molecule has 5 nitrogen and oxygen atoms in total. The van der Waals surface area contributed by atoms with Crippen LogP contribution in [0.15, 0.2) is 24.3 Å². The van der Waals surface area contributed by atoms with E-state index in [0.717, 1.165) is 25.9 Å². The second kappa shape index (κ2) is 8.24. The van der Waals surface area contributed by atoms with Crippen molar-refractivity contribution in [1.82, 2.24) is 9.80 Å². The number of nitrogens with zero attached hydrogens (tertiary/aromatic N) is 2. The first-order chi connectivity index (χ1) is 13.1. The smallest absolute Gasteiger partial charge is 0.307 e. The topological polar surface area (TPSA) is 60.9 Å². The maximum absolute atomic E-state index is 13.0. The van der Waals surface area contributed by atoms with E-state index in [1.54, 1.807) is 0 Å². The predicted octanol–water partition coefficient (Wildman–Crippen LogP) is 3.69. The molecule has 0 spiro atoms. The molecule has 2 fully saturated rings. The average molecular weight is 387 g/mol. The summed E-state index contributed by atoms with van der Waals surface area (Å²) in [5.41, 5.74) is 2.62. The van der Waals surface area contributed by atoms with Crippen LogP contribution < -0.4 is 0 Å². The summed E-state index contributed by atoms with van der Waals surface area (Å²) in [5, 5.41) is 9.37. The molecule has 1 aromatic carbocycles.